The molecule has 1 aromatic carbocycles. The fourth-order valence-corrected chi connectivity index (χ4v) is 4.76. The molecular weight excluding hydrogens is 318 g/mol. The second-order valence-electron chi connectivity index (χ2n) is 6.03. The summed E-state index contributed by atoms with van der Waals surface area (Å²) < 4.78 is 26.8. The summed E-state index contributed by atoms with van der Waals surface area (Å²) in [6, 6.07) is 4.22. The van der Waals surface area contributed by atoms with Gasteiger partial charge in [0.05, 0.1) is 16.5 Å². The molecule has 7 heteroatoms. The number of fused-ring (bicyclic) bond motifs is 1. The molecule has 0 amide bonds. The Kier molecular flexibility index (Phi) is 4.13. The Morgan fingerprint density at radius 1 is 1.36 bits per heavy atom. The van der Waals surface area contributed by atoms with Crippen molar-refractivity contribution in [3.05, 3.63) is 23.3 Å². The van der Waals surface area contributed by atoms with Crippen molar-refractivity contribution in [2.45, 2.75) is 32.7 Å². The van der Waals surface area contributed by atoms with Crippen LogP contribution in [-0.4, -0.2) is 38.8 Å². The summed E-state index contributed by atoms with van der Waals surface area (Å²) in [5, 5.41) is 0.990. The average Bonchev–Trinajstić information content (AvgIpc) is 2.86. The first-order valence-corrected chi connectivity index (χ1v) is 10.1. The summed E-state index contributed by atoms with van der Waals surface area (Å²) in [5.41, 5.74) is 3.54. The van der Waals surface area contributed by atoms with Gasteiger partial charge in [0.1, 0.15) is 0 Å². The average molecular weight is 339 g/mol. The summed E-state index contributed by atoms with van der Waals surface area (Å²) in [5.74, 6) is 0. The van der Waals surface area contributed by atoms with E-state index in [1.54, 1.807) is 11.3 Å². The van der Waals surface area contributed by atoms with Gasteiger partial charge in [-0.2, -0.15) is 0 Å². The van der Waals surface area contributed by atoms with Gasteiger partial charge in [-0.3, -0.25) is 0 Å². The highest BCUT2D eigenvalue weighted by Gasteiger charge is 2.24. The molecule has 2 aromatic rings. The summed E-state index contributed by atoms with van der Waals surface area (Å²) in [4.78, 5) is 7.00. The van der Waals surface area contributed by atoms with Gasteiger partial charge >= 0.3 is 0 Å². The summed E-state index contributed by atoms with van der Waals surface area (Å²) >= 11 is 1.68. The van der Waals surface area contributed by atoms with Gasteiger partial charge in [-0.1, -0.05) is 17.4 Å². The first kappa shape index (κ1) is 15.7. The quantitative estimate of drug-likeness (QED) is 0.933. The molecule has 120 valence electrons. The molecule has 0 saturated carbocycles. The molecule has 0 aliphatic carbocycles. The molecule has 1 aliphatic rings. The molecule has 1 N–H and O–H groups in total. The van der Waals surface area contributed by atoms with E-state index in [0.29, 0.717) is 6.54 Å². The van der Waals surface area contributed by atoms with Crippen LogP contribution in [0, 0.1) is 13.8 Å². The Hall–Kier alpha value is -1.18. The van der Waals surface area contributed by atoms with Crippen LogP contribution in [0.1, 0.15) is 24.0 Å². The molecule has 1 aliphatic heterocycles. The van der Waals surface area contributed by atoms with Crippen molar-refractivity contribution in [3.8, 4) is 0 Å². The number of nitrogens with zero attached hydrogens (tertiary/aromatic N) is 2. The van der Waals surface area contributed by atoms with E-state index in [-0.39, 0.29) is 6.04 Å². The lowest BCUT2D eigenvalue weighted by Crippen LogP contribution is -2.47. The van der Waals surface area contributed by atoms with Crippen LogP contribution in [0.2, 0.25) is 0 Å². The molecule has 1 atom stereocenters. The number of hydrogen-bond donors (Lipinski definition) is 1. The maximum atomic E-state index is 11.4. The van der Waals surface area contributed by atoms with Crippen LogP contribution in [0.25, 0.3) is 10.2 Å². The van der Waals surface area contributed by atoms with Gasteiger partial charge in [-0.05, 0) is 43.9 Å². The van der Waals surface area contributed by atoms with E-state index in [1.807, 2.05) is 0 Å². The normalized spacial score (nSPS) is 19.8. The monoisotopic (exact) mass is 339 g/mol. The van der Waals surface area contributed by atoms with E-state index in [2.05, 4.69) is 35.6 Å². The number of piperidine rings is 1. The van der Waals surface area contributed by atoms with E-state index < -0.39 is 10.0 Å². The lowest BCUT2D eigenvalue weighted by atomic mass is 10.1. The zero-order valence-electron chi connectivity index (χ0n) is 13.1. The summed E-state index contributed by atoms with van der Waals surface area (Å²) in [7, 11) is -3.16. The van der Waals surface area contributed by atoms with Gasteiger partial charge in [0, 0.05) is 19.1 Å². The highest BCUT2D eigenvalue weighted by Crippen LogP contribution is 2.33. The third-order valence-electron chi connectivity index (χ3n) is 4.15. The largest absolute Gasteiger partial charge is 0.346 e. The van der Waals surface area contributed by atoms with Gasteiger partial charge in [0.15, 0.2) is 5.13 Å². The Bertz CT molecular complexity index is 798. The number of benzene rings is 1. The van der Waals surface area contributed by atoms with Crippen molar-refractivity contribution in [2.24, 2.45) is 0 Å². The van der Waals surface area contributed by atoms with E-state index in [0.717, 1.165) is 30.0 Å². The number of nitrogens with one attached hydrogen (secondary N) is 1. The van der Waals surface area contributed by atoms with Gasteiger partial charge in [0.2, 0.25) is 10.0 Å². The van der Waals surface area contributed by atoms with Crippen molar-refractivity contribution in [3.63, 3.8) is 0 Å². The molecule has 1 fully saturated rings. The maximum Gasteiger partial charge on any atom is 0.209 e. The number of thiazole rings is 1. The summed E-state index contributed by atoms with van der Waals surface area (Å²) in [6.07, 6.45) is 3.07. The van der Waals surface area contributed by atoms with Crippen LogP contribution >= 0.6 is 11.3 Å². The van der Waals surface area contributed by atoms with Crippen molar-refractivity contribution in [1.29, 1.82) is 0 Å². The minimum atomic E-state index is -3.16. The minimum Gasteiger partial charge on any atom is -0.346 e. The smallest absolute Gasteiger partial charge is 0.209 e. The topological polar surface area (TPSA) is 62.3 Å². The van der Waals surface area contributed by atoms with Crippen LogP contribution in [0.15, 0.2) is 12.1 Å². The lowest BCUT2D eigenvalue weighted by molar-refractivity contribution is 0.467. The molecule has 0 spiro atoms. The Morgan fingerprint density at radius 3 is 2.86 bits per heavy atom. The number of anilines is 1. The zero-order valence-corrected chi connectivity index (χ0v) is 14.7. The number of hydrogen-bond acceptors (Lipinski definition) is 5. The van der Waals surface area contributed by atoms with Gasteiger partial charge in [-0.25, -0.2) is 18.1 Å². The van der Waals surface area contributed by atoms with Gasteiger partial charge in [-0.15, -0.1) is 0 Å². The van der Waals surface area contributed by atoms with Crippen molar-refractivity contribution >= 4 is 36.7 Å². The van der Waals surface area contributed by atoms with Crippen molar-refractivity contribution < 1.29 is 8.42 Å². The molecule has 2 heterocycles. The maximum absolute atomic E-state index is 11.4. The number of aryl methyl sites for hydroxylation is 2. The molecule has 1 aromatic heterocycles. The van der Waals surface area contributed by atoms with Crippen LogP contribution < -0.4 is 9.62 Å². The molecule has 0 radical (unpaired) electrons. The van der Waals surface area contributed by atoms with E-state index in [1.165, 1.54) is 22.1 Å². The third kappa shape index (κ3) is 3.26. The predicted octanol–water partition coefficient (Wildman–Crippen LogP) is 2.43. The standard InChI is InChI=1S/C15H21N3O2S2/c1-10-6-7-13-14(11(10)2)16-15(21-13)18-8-4-5-12(9-18)17-22(3,19)20/h6-7,12,17H,4-5,8-9H2,1-3H3. The van der Waals surface area contributed by atoms with Gasteiger partial charge in [0.25, 0.3) is 0 Å². The highest BCUT2D eigenvalue weighted by atomic mass is 32.2. The first-order chi connectivity index (χ1) is 10.3. The number of sulfonamides is 1. The van der Waals surface area contributed by atoms with Crippen LogP contribution in [0.3, 0.4) is 0 Å². The van der Waals surface area contributed by atoms with E-state index in [4.69, 9.17) is 4.98 Å². The number of rotatable bonds is 3. The Morgan fingerprint density at radius 2 is 2.14 bits per heavy atom. The molecule has 1 unspecified atom stereocenters. The molecule has 5 nitrogen and oxygen atoms in total. The van der Waals surface area contributed by atoms with Crippen molar-refractivity contribution in [2.75, 3.05) is 24.2 Å². The van der Waals surface area contributed by atoms with Crippen LogP contribution in [0.4, 0.5) is 5.13 Å². The van der Waals surface area contributed by atoms with E-state index >= 15 is 0 Å². The number of aromatic nitrogens is 1. The van der Waals surface area contributed by atoms with Crippen molar-refractivity contribution in [1.82, 2.24) is 9.71 Å². The molecular formula is C15H21N3O2S2. The SMILES string of the molecule is Cc1ccc2sc(N3CCCC(NS(C)(=O)=O)C3)nc2c1C. The molecule has 1 saturated heterocycles. The second kappa shape index (κ2) is 5.79. The summed E-state index contributed by atoms with van der Waals surface area (Å²) in [6.45, 7) is 5.82. The lowest BCUT2D eigenvalue weighted by Gasteiger charge is -2.32. The fourth-order valence-electron chi connectivity index (χ4n) is 2.90. The highest BCUT2D eigenvalue weighted by molar-refractivity contribution is 7.88. The Labute approximate surface area is 135 Å². The Balaban J connectivity index is 1.86. The van der Waals surface area contributed by atoms with Gasteiger partial charge < -0.3 is 4.90 Å². The molecule has 0 bridgehead atoms. The zero-order chi connectivity index (χ0) is 15.9. The molecule has 3 rings (SSSR count). The van der Waals surface area contributed by atoms with E-state index in [9.17, 15) is 8.42 Å². The second-order valence-corrected chi connectivity index (χ2v) is 8.81. The van der Waals surface area contributed by atoms with Crippen LogP contribution in [0.5, 0.6) is 0 Å². The predicted molar refractivity (Wildman–Crippen MR) is 92.3 cm³/mol. The fraction of sp³-hybridized carbons (Fsp3) is 0.533. The van der Waals surface area contributed by atoms with Crippen LogP contribution in [-0.2, 0) is 10.0 Å². The third-order valence-corrected chi connectivity index (χ3v) is 5.99. The first-order valence-electron chi connectivity index (χ1n) is 7.42. The minimum absolute atomic E-state index is 0.0291. The molecule has 22 heavy (non-hydrogen) atoms.